The number of anilines is 3. The number of thiophene rings is 1. The number of hydrogen-bond acceptors (Lipinski definition) is 8. The van der Waals surface area contributed by atoms with Gasteiger partial charge in [0.25, 0.3) is 5.91 Å². The molecule has 11 heteroatoms. The lowest BCUT2D eigenvalue weighted by Crippen LogP contribution is -2.25. The summed E-state index contributed by atoms with van der Waals surface area (Å²) in [5, 5.41) is 5.90. The van der Waals surface area contributed by atoms with E-state index in [1.165, 1.54) is 7.11 Å². The molecule has 1 aromatic heterocycles. The first-order valence-electron chi connectivity index (χ1n) is 10.8. The zero-order valence-electron chi connectivity index (χ0n) is 19.4. The van der Waals surface area contributed by atoms with Crippen LogP contribution < -0.4 is 21.3 Å². The lowest BCUT2D eigenvalue weighted by Gasteiger charge is -2.19. The molecule has 0 bridgehead atoms. The number of esters is 1. The maximum Gasteiger partial charge on any atom is 0.341 e. The van der Waals surface area contributed by atoms with Gasteiger partial charge in [0.1, 0.15) is 11.6 Å². The van der Waals surface area contributed by atoms with Crippen molar-refractivity contribution in [2.45, 2.75) is 26.7 Å². The van der Waals surface area contributed by atoms with Crippen LogP contribution in [0.4, 0.5) is 16.4 Å². The van der Waals surface area contributed by atoms with Crippen LogP contribution in [-0.4, -0.2) is 57.1 Å². The Kier molecular flexibility index (Phi) is 8.24. The number of nitrogens with zero attached hydrogens (tertiary/aromatic N) is 1. The van der Waals surface area contributed by atoms with Gasteiger partial charge in [-0.3, -0.25) is 14.4 Å². The third-order valence-corrected chi connectivity index (χ3v) is 6.58. The molecule has 0 radical (unpaired) electrons. The van der Waals surface area contributed by atoms with Crippen LogP contribution in [0.15, 0.2) is 18.2 Å². The molecule has 1 saturated heterocycles. The predicted molar refractivity (Wildman–Crippen MR) is 130 cm³/mol. The van der Waals surface area contributed by atoms with E-state index in [4.69, 9.17) is 15.2 Å². The molecule has 3 amide bonds. The van der Waals surface area contributed by atoms with E-state index in [0.29, 0.717) is 24.2 Å². The Morgan fingerprint density at radius 3 is 2.59 bits per heavy atom. The van der Waals surface area contributed by atoms with Crippen LogP contribution in [-0.2, 0) is 19.1 Å². The van der Waals surface area contributed by atoms with Crippen LogP contribution in [0.5, 0.6) is 0 Å². The minimum atomic E-state index is -0.695. The van der Waals surface area contributed by atoms with Crippen LogP contribution >= 0.6 is 11.3 Å². The highest BCUT2D eigenvalue weighted by atomic mass is 32.1. The van der Waals surface area contributed by atoms with Crippen molar-refractivity contribution in [3.8, 4) is 0 Å². The van der Waals surface area contributed by atoms with E-state index in [1.807, 2.05) is 19.1 Å². The van der Waals surface area contributed by atoms with E-state index in [0.717, 1.165) is 29.0 Å². The molecular formula is C23H28N4O6S. The van der Waals surface area contributed by atoms with E-state index in [1.54, 1.807) is 17.9 Å². The molecule has 0 atom stereocenters. The Balaban J connectivity index is 1.68. The standard InChI is InChI=1S/C23H28N4O6S/c1-13-11-15(6-7-16(13)27-8-4-5-18(27)29)25-12-17(28)26-22-19(23(31)33-10-9-32-3)14(2)20(34-22)21(24)30/h6-7,11,25H,4-5,8-10,12H2,1-3H3,(H2,24,30)(H,26,28). The number of methoxy groups -OCH3 is 1. The van der Waals surface area contributed by atoms with Gasteiger partial charge in [-0.15, -0.1) is 11.3 Å². The summed E-state index contributed by atoms with van der Waals surface area (Å²) >= 11 is 0.927. The third kappa shape index (κ3) is 5.72. The van der Waals surface area contributed by atoms with Crippen LogP contribution in [0, 0.1) is 13.8 Å². The fraction of sp³-hybridized carbons (Fsp3) is 0.391. The van der Waals surface area contributed by atoms with E-state index < -0.39 is 17.8 Å². The fourth-order valence-electron chi connectivity index (χ4n) is 3.70. The normalized spacial score (nSPS) is 13.1. The number of carbonyl (C=O) groups is 4. The number of hydrogen-bond donors (Lipinski definition) is 3. The number of nitrogens with two attached hydrogens (primary N) is 1. The van der Waals surface area contributed by atoms with Gasteiger partial charge in [-0.25, -0.2) is 4.79 Å². The summed E-state index contributed by atoms with van der Waals surface area (Å²) in [6.07, 6.45) is 1.40. The molecule has 2 aromatic rings. The molecule has 1 aromatic carbocycles. The summed E-state index contributed by atoms with van der Waals surface area (Å²) in [5.74, 6) is -1.68. The number of primary amides is 1. The summed E-state index contributed by atoms with van der Waals surface area (Å²) in [6.45, 7) is 4.36. The van der Waals surface area contributed by atoms with Gasteiger partial charge in [-0.2, -0.15) is 0 Å². The Morgan fingerprint density at radius 1 is 1.21 bits per heavy atom. The van der Waals surface area contributed by atoms with E-state index in [-0.39, 0.29) is 41.1 Å². The van der Waals surface area contributed by atoms with Crippen molar-refractivity contribution >= 4 is 51.4 Å². The van der Waals surface area contributed by atoms with Crippen LogP contribution in [0.3, 0.4) is 0 Å². The Labute approximate surface area is 201 Å². The molecule has 2 heterocycles. The second kappa shape index (κ2) is 11.1. The van der Waals surface area contributed by atoms with E-state index >= 15 is 0 Å². The minimum Gasteiger partial charge on any atom is -0.460 e. The van der Waals surface area contributed by atoms with Gasteiger partial charge in [0.05, 0.1) is 23.6 Å². The predicted octanol–water partition coefficient (Wildman–Crippen LogP) is 2.44. The van der Waals surface area contributed by atoms with Crippen molar-refractivity contribution in [2.75, 3.05) is 48.9 Å². The number of nitrogens with one attached hydrogen (secondary N) is 2. The van der Waals surface area contributed by atoms with Crippen molar-refractivity contribution in [2.24, 2.45) is 5.73 Å². The van der Waals surface area contributed by atoms with Crippen LogP contribution in [0.1, 0.15) is 44.0 Å². The number of ether oxygens (including phenoxy) is 2. The molecule has 0 saturated carbocycles. The van der Waals surface area contributed by atoms with Gasteiger partial charge in [-0.1, -0.05) is 0 Å². The molecule has 182 valence electrons. The van der Waals surface area contributed by atoms with Crippen molar-refractivity contribution in [3.63, 3.8) is 0 Å². The zero-order valence-corrected chi connectivity index (χ0v) is 20.2. The number of amides is 3. The summed E-state index contributed by atoms with van der Waals surface area (Å²) in [7, 11) is 1.48. The van der Waals surface area contributed by atoms with Crippen molar-refractivity contribution in [1.82, 2.24) is 0 Å². The largest absolute Gasteiger partial charge is 0.460 e. The molecular weight excluding hydrogens is 460 g/mol. The number of carbonyl (C=O) groups excluding carboxylic acids is 4. The second-order valence-electron chi connectivity index (χ2n) is 7.81. The summed E-state index contributed by atoms with van der Waals surface area (Å²) < 4.78 is 10.0. The summed E-state index contributed by atoms with van der Waals surface area (Å²) in [5.41, 5.74) is 8.35. The number of aryl methyl sites for hydroxylation is 1. The molecule has 0 spiro atoms. The maximum absolute atomic E-state index is 12.6. The SMILES string of the molecule is COCCOC(=O)c1c(NC(=O)CNc2ccc(N3CCCC3=O)c(C)c2)sc(C(N)=O)c1C. The molecule has 10 nitrogen and oxygen atoms in total. The van der Waals surface area contributed by atoms with Crippen molar-refractivity contribution in [1.29, 1.82) is 0 Å². The summed E-state index contributed by atoms with van der Waals surface area (Å²) in [6, 6.07) is 5.53. The van der Waals surface area contributed by atoms with Gasteiger partial charge in [0.2, 0.25) is 11.8 Å². The molecule has 1 aliphatic heterocycles. The first-order chi connectivity index (χ1) is 16.2. The average Bonchev–Trinajstić information content (AvgIpc) is 3.35. The van der Waals surface area contributed by atoms with Gasteiger partial charge >= 0.3 is 5.97 Å². The molecule has 34 heavy (non-hydrogen) atoms. The van der Waals surface area contributed by atoms with Crippen LogP contribution in [0.25, 0.3) is 0 Å². The van der Waals surface area contributed by atoms with E-state index in [9.17, 15) is 19.2 Å². The Morgan fingerprint density at radius 2 is 1.97 bits per heavy atom. The minimum absolute atomic E-state index is 0.0316. The smallest absolute Gasteiger partial charge is 0.341 e. The van der Waals surface area contributed by atoms with Crippen molar-refractivity contribution < 1.29 is 28.7 Å². The molecule has 3 rings (SSSR count). The third-order valence-electron chi connectivity index (χ3n) is 5.36. The zero-order chi connectivity index (χ0) is 24.8. The average molecular weight is 489 g/mol. The maximum atomic E-state index is 12.6. The van der Waals surface area contributed by atoms with Gasteiger partial charge in [-0.05, 0) is 49.6 Å². The Hall–Kier alpha value is -3.44. The fourth-order valence-corrected chi connectivity index (χ4v) is 4.76. The highest BCUT2D eigenvalue weighted by Crippen LogP contribution is 2.33. The topological polar surface area (TPSA) is 140 Å². The molecule has 1 aliphatic rings. The first kappa shape index (κ1) is 25.2. The molecule has 0 unspecified atom stereocenters. The number of rotatable bonds is 10. The number of benzene rings is 1. The van der Waals surface area contributed by atoms with E-state index in [2.05, 4.69) is 10.6 Å². The molecule has 1 fully saturated rings. The molecule has 0 aliphatic carbocycles. The van der Waals surface area contributed by atoms with Crippen molar-refractivity contribution in [3.05, 3.63) is 39.8 Å². The van der Waals surface area contributed by atoms with Gasteiger partial charge < -0.3 is 30.7 Å². The first-order valence-corrected chi connectivity index (χ1v) is 11.6. The van der Waals surface area contributed by atoms with Gasteiger partial charge in [0.15, 0.2) is 0 Å². The second-order valence-corrected chi connectivity index (χ2v) is 8.83. The van der Waals surface area contributed by atoms with Gasteiger partial charge in [0, 0.05) is 31.5 Å². The lowest BCUT2D eigenvalue weighted by molar-refractivity contribution is -0.117. The Bertz CT molecular complexity index is 1110. The summed E-state index contributed by atoms with van der Waals surface area (Å²) in [4.78, 5) is 50.9. The molecule has 4 N–H and O–H groups in total. The lowest BCUT2D eigenvalue weighted by atomic mass is 10.1. The quantitative estimate of drug-likeness (QED) is 0.345. The monoisotopic (exact) mass is 488 g/mol. The highest BCUT2D eigenvalue weighted by Gasteiger charge is 2.26. The highest BCUT2D eigenvalue weighted by molar-refractivity contribution is 7.18. The van der Waals surface area contributed by atoms with Crippen LogP contribution in [0.2, 0.25) is 0 Å².